The summed E-state index contributed by atoms with van der Waals surface area (Å²) in [5.41, 5.74) is 0.107. The van der Waals surface area contributed by atoms with Gasteiger partial charge in [-0.2, -0.15) is 0 Å². The summed E-state index contributed by atoms with van der Waals surface area (Å²) in [6, 6.07) is 1.01. The lowest BCUT2D eigenvalue weighted by molar-refractivity contribution is 0.0324. The molecule has 3 atom stereocenters. The minimum Gasteiger partial charge on any atom is -0.373 e. The topological polar surface area (TPSA) is 21.3 Å². The highest BCUT2D eigenvalue weighted by atomic mass is 19.2. The fourth-order valence-corrected chi connectivity index (χ4v) is 2.40. The van der Waals surface area contributed by atoms with Crippen molar-refractivity contribution >= 4 is 0 Å². The van der Waals surface area contributed by atoms with Gasteiger partial charge in [0.05, 0.1) is 18.2 Å². The van der Waals surface area contributed by atoms with Crippen LogP contribution in [-0.4, -0.2) is 19.3 Å². The van der Waals surface area contributed by atoms with E-state index in [1.165, 1.54) is 0 Å². The smallest absolute Gasteiger partial charge is 0.161 e. The first kappa shape index (κ1) is 13.4. The lowest BCUT2D eigenvalue weighted by atomic mass is 9.98. The molecule has 18 heavy (non-hydrogen) atoms. The van der Waals surface area contributed by atoms with E-state index in [4.69, 9.17) is 4.74 Å². The molecule has 100 valence electrons. The molecule has 1 aliphatic rings. The molecule has 0 aromatic heterocycles. The van der Waals surface area contributed by atoms with E-state index in [0.29, 0.717) is 6.07 Å². The largest absolute Gasteiger partial charge is 0.373 e. The van der Waals surface area contributed by atoms with Gasteiger partial charge in [0.1, 0.15) is 5.82 Å². The van der Waals surface area contributed by atoms with Crippen molar-refractivity contribution in [1.82, 2.24) is 5.32 Å². The summed E-state index contributed by atoms with van der Waals surface area (Å²) in [6.45, 7) is 1.94. The van der Waals surface area contributed by atoms with Gasteiger partial charge in [-0.1, -0.05) is 0 Å². The van der Waals surface area contributed by atoms with E-state index in [9.17, 15) is 13.2 Å². The van der Waals surface area contributed by atoms with E-state index < -0.39 is 23.5 Å². The molecule has 1 aliphatic heterocycles. The average Bonchev–Trinajstić information content (AvgIpc) is 2.73. The Morgan fingerprint density at radius 1 is 1.17 bits per heavy atom. The predicted octanol–water partition coefficient (Wildman–Crippen LogP) is 2.93. The van der Waals surface area contributed by atoms with E-state index in [-0.39, 0.29) is 17.8 Å². The Balaban J connectivity index is 2.30. The van der Waals surface area contributed by atoms with Gasteiger partial charge in [0.25, 0.3) is 0 Å². The lowest BCUT2D eigenvalue weighted by Crippen LogP contribution is -2.30. The molecule has 1 heterocycles. The van der Waals surface area contributed by atoms with Crippen LogP contribution in [0.15, 0.2) is 12.1 Å². The van der Waals surface area contributed by atoms with Crippen LogP contribution < -0.4 is 5.32 Å². The van der Waals surface area contributed by atoms with Crippen LogP contribution in [0.5, 0.6) is 0 Å². The van der Waals surface area contributed by atoms with E-state index in [1.54, 1.807) is 7.05 Å². The Hall–Kier alpha value is -1.07. The van der Waals surface area contributed by atoms with Crippen LogP contribution in [0.4, 0.5) is 13.2 Å². The number of nitrogens with one attached hydrogen (secondary N) is 1. The van der Waals surface area contributed by atoms with Crippen molar-refractivity contribution in [2.75, 3.05) is 7.05 Å². The van der Waals surface area contributed by atoms with Gasteiger partial charge in [-0.05, 0) is 32.9 Å². The summed E-state index contributed by atoms with van der Waals surface area (Å²) >= 11 is 0. The number of benzene rings is 1. The molecule has 1 N–H and O–H groups in total. The van der Waals surface area contributed by atoms with Crippen LogP contribution in [0, 0.1) is 17.5 Å². The average molecular weight is 259 g/mol. The second-order valence-electron chi connectivity index (χ2n) is 4.62. The standard InChI is InChI=1S/C13H16F3NO/c1-7-3-4-12(18-7)13(17-2)8-5-10(15)11(16)6-9(8)14/h5-7,12-13,17H,3-4H2,1-2H3. The molecular weight excluding hydrogens is 243 g/mol. The monoisotopic (exact) mass is 259 g/mol. The van der Waals surface area contributed by atoms with E-state index in [0.717, 1.165) is 18.9 Å². The van der Waals surface area contributed by atoms with Crippen LogP contribution in [-0.2, 0) is 4.74 Å². The van der Waals surface area contributed by atoms with Gasteiger partial charge >= 0.3 is 0 Å². The molecule has 1 aromatic rings. The fourth-order valence-electron chi connectivity index (χ4n) is 2.40. The van der Waals surface area contributed by atoms with Gasteiger partial charge in [0.15, 0.2) is 11.6 Å². The summed E-state index contributed by atoms with van der Waals surface area (Å²) in [6.07, 6.45) is 1.54. The first-order valence-electron chi connectivity index (χ1n) is 6.00. The molecule has 3 unspecified atom stereocenters. The number of hydrogen-bond donors (Lipinski definition) is 1. The summed E-state index contributed by atoms with van der Waals surface area (Å²) in [7, 11) is 1.65. The van der Waals surface area contributed by atoms with Gasteiger partial charge < -0.3 is 10.1 Å². The molecule has 1 fully saturated rings. The minimum absolute atomic E-state index is 0.107. The summed E-state index contributed by atoms with van der Waals surface area (Å²) in [5.74, 6) is -2.97. The third-order valence-electron chi connectivity index (χ3n) is 3.32. The quantitative estimate of drug-likeness (QED) is 0.843. The zero-order chi connectivity index (χ0) is 13.3. The summed E-state index contributed by atoms with van der Waals surface area (Å²) in [4.78, 5) is 0. The lowest BCUT2D eigenvalue weighted by Gasteiger charge is -2.24. The Kier molecular flexibility index (Phi) is 3.92. The van der Waals surface area contributed by atoms with Crippen molar-refractivity contribution in [3.05, 3.63) is 35.1 Å². The van der Waals surface area contributed by atoms with E-state index >= 15 is 0 Å². The maximum absolute atomic E-state index is 13.7. The molecule has 0 amide bonds. The minimum atomic E-state index is -1.17. The summed E-state index contributed by atoms with van der Waals surface area (Å²) in [5, 5.41) is 2.91. The normalized spacial score (nSPS) is 25.4. The summed E-state index contributed by atoms with van der Waals surface area (Å²) < 4.78 is 45.5. The first-order chi connectivity index (χ1) is 8.52. The number of rotatable bonds is 3. The highest BCUT2D eigenvalue weighted by Gasteiger charge is 2.31. The Labute approximate surface area is 104 Å². The van der Waals surface area contributed by atoms with Crippen molar-refractivity contribution in [2.24, 2.45) is 0 Å². The van der Waals surface area contributed by atoms with Crippen molar-refractivity contribution < 1.29 is 17.9 Å². The third-order valence-corrected chi connectivity index (χ3v) is 3.32. The molecule has 0 saturated carbocycles. The molecule has 0 bridgehead atoms. The third kappa shape index (κ3) is 2.52. The van der Waals surface area contributed by atoms with Crippen LogP contribution in [0.3, 0.4) is 0 Å². The molecule has 0 aliphatic carbocycles. The first-order valence-corrected chi connectivity index (χ1v) is 6.00. The van der Waals surface area contributed by atoms with Crippen molar-refractivity contribution in [2.45, 2.75) is 38.0 Å². The molecule has 1 aromatic carbocycles. The molecular formula is C13H16F3NO. The number of hydrogen-bond acceptors (Lipinski definition) is 2. The number of likely N-dealkylation sites (N-methyl/N-ethyl adjacent to an activating group) is 1. The molecule has 1 saturated heterocycles. The van der Waals surface area contributed by atoms with Crippen LogP contribution >= 0.6 is 0 Å². The van der Waals surface area contributed by atoms with Crippen LogP contribution in [0.1, 0.15) is 31.4 Å². The SMILES string of the molecule is CNC(c1cc(F)c(F)cc1F)C1CCC(C)O1. The number of halogens is 3. The van der Waals surface area contributed by atoms with Gasteiger partial charge in [-0.15, -0.1) is 0 Å². The van der Waals surface area contributed by atoms with E-state index in [1.807, 2.05) is 6.92 Å². The second-order valence-corrected chi connectivity index (χ2v) is 4.62. The number of ether oxygens (including phenoxy) is 1. The predicted molar refractivity (Wildman–Crippen MR) is 61.7 cm³/mol. The molecule has 0 radical (unpaired) electrons. The Bertz CT molecular complexity index is 438. The second kappa shape index (κ2) is 5.28. The highest BCUT2D eigenvalue weighted by molar-refractivity contribution is 5.24. The Morgan fingerprint density at radius 3 is 2.39 bits per heavy atom. The van der Waals surface area contributed by atoms with Gasteiger partial charge in [-0.3, -0.25) is 0 Å². The molecule has 5 heteroatoms. The fraction of sp³-hybridized carbons (Fsp3) is 0.538. The van der Waals surface area contributed by atoms with Crippen molar-refractivity contribution in [1.29, 1.82) is 0 Å². The van der Waals surface area contributed by atoms with Gasteiger partial charge in [0.2, 0.25) is 0 Å². The van der Waals surface area contributed by atoms with Crippen molar-refractivity contribution in [3.63, 3.8) is 0 Å². The maximum atomic E-state index is 13.7. The van der Waals surface area contributed by atoms with Crippen LogP contribution in [0.2, 0.25) is 0 Å². The molecule has 2 nitrogen and oxygen atoms in total. The maximum Gasteiger partial charge on any atom is 0.161 e. The van der Waals surface area contributed by atoms with Crippen LogP contribution in [0.25, 0.3) is 0 Å². The zero-order valence-electron chi connectivity index (χ0n) is 10.3. The zero-order valence-corrected chi connectivity index (χ0v) is 10.3. The van der Waals surface area contributed by atoms with Gasteiger partial charge in [0, 0.05) is 11.6 Å². The van der Waals surface area contributed by atoms with Crippen molar-refractivity contribution in [3.8, 4) is 0 Å². The highest BCUT2D eigenvalue weighted by Crippen LogP contribution is 2.31. The molecule has 2 rings (SSSR count). The molecule has 0 spiro atoms. The van der Waals surface area contributed by atoms with E-state index in [2.05, 4.69) is 5.32 Å². The Morgan fingerprint density at radius 2 is 1.83 bits per heavy atom. The van der Waals surface area contributed by atoms with Gasteiger partial charge in [-0.25, -0.2) is 13.2 Å².